The van der Waals surface area contributed by atoms with Crippen LogP contribution in [0.4, 0.5) is 10.1 Å². The maximum atomic E-state index is 13.1. The molecule has 106 valence electrons. The average molecular weight is 284 g/mol. The van der Waals surface area contributed by atoms with Crippen molar-refractivity contribution in [3.63, 3.8) is 0 Å². The van der Waals surface area contributed by atoms with Crippen LogP contribution in [0.2, 0.25) is 0 Å². The molecule has 0 unspecified atom stereocenters. The van der Waals surface area contributed by atoms with Gasteiger partial charge in [0.2, 0.25) is 0 Å². The number of halogens is 1. The summed E-state index contributed by atoms with van der Waals surface area (Å²) in [4.78, 5) is 0.193. The molecule has 0 aromatic heterocycles. The molecule has 19 heavy (non-hydrogen) atoms. The summed E-state index contributed by atoms with van der Waals surface area (Å²) in [5, 5.41) is 3.20. The van der Waals surface area contributed by atoms with Gasteiger partial charge in [0.25, 0.3) is 0 Å². The molecule has 3 N–H and O–H groups in total. The van der Waals surface area contributed by atoms with Gasteiger partial charge in [-0.1, -0.05) is 26.1 Å². The zero-order valence-corrected chi connectivity index (χ0v) is 12.2. The lowest BCUT2D eigenvalue weighted by Crippen LogP contribution is -2.15. The predicted molar refractivity (Wildman–Crippen MR) is 81.1 cm³/mol. The van der Waals surface area contributed by atoms with Gasteiger partial charge in [0, 0.05) is 31.0 Å². The third-order valence-electron chi connectivity index (χ3n) is 2.48. The molecule has 0 spiro atoms. The largest absolute Gasteiger partial charge is 0.389 e. The first kappa shape index (κ1) is 15.9. The highest BCUT2D eigenvalue weighted by molar-refractivity contribution is 7.80. The summed E-state index contributed by atoms with van der Waals surface area (Å²) in [5.74, 6) is 0.208. The molecule has 5 heteroatoms. The lowest BCUT2D eigenvalue weighted by Gasteiger charge is -2.12. The van der Waals surface area contributed by atoms with Crippen molar-refractivity contribution in [1.29, 1.82) is 0 Å². The van der Waals surface area contributed by atoms with Crippen LogP contribution in [0.5, 0.6) is 0 Å². The van der Waals surface area contributed by atoms with Crippen LogP contribution >= 0.6 is 12.2 Å². The van der Waals surface area contributed by atoms with E-state index in [2.05, 4.69) is 19.2 Å². The van der Waals surface area contributed by atoms with Crippen LogP contribution in [0.15, 0.2) is 18.2 Å². The summed E-state index contributed by atoms with van der Waals surface area (Å²) >= 11 is 4.90. The molecule has 1 aromatic carbocycles. The average Bonchev–Trinajstić information content (AvgIpc) is 2.34. The summed E-state index contributed by atoms with van der Waals surface area (Å²) in [6.07, 6.45) is 0.876. The van der Waals surface area contributed by atoms with Crippen LogP contribution in [0.25, 0.3) is 0 Å². The molecule has 0 fully saturated rings. The van der Waals surface area contributed by atoms with Crippen molar-refractivity contribution in [3.8, 4) is 0 Å². The van der Waals surface area contributed by atoms with Crippen molar-refractivity contribution in [2.45, 2.75) is 20.3 Å². The van der Waals surface area contributed by atoms with E-state index in [0.29, 0.717) is 18.1 Å². The Morgan fingerprint density at radius 3 is 2.84 bits per heavy atom. The van der Waals surface area contributed by atoms with Crippen molar-refractivity contribution < 1.29 is 9.13 Å². The number of anilines is 1. The quantitative estimate of drug-likeness (QED) is 0.569. The molecule has 0 saturated heterocycles. The molecule has 3 nitrogen and oxygen atoms in total. The Hall–Kier alpha value is -1.20. The minimum absolute atomic E-state index is 0.193. The maximum Gasteiger partial charge on any atom is 0.124 e. The fourth-order valence-electron chi connectivity index (χ4n) is 1.59. The first-order valence-electron chi connectivity index (χ1n) is 6.41. The van der Waals surface area contributed by atoms with E-state index in [9.17, 15) is 4.39 Å². The van der Waals surface area contributed by atoms with E-state index < -0.39 is 0 Å². The van der Waals surface area contributed by atoms with Gasteiger partial charge >= 0.3 is 0 Å². The van der Waals surface area contributed by atoms with Crippen molar-refractivity contribution in [2.24, 2.45) is 11.7 Å². The third-order valence-corrected chi connectivity index (χ3v) is 2.70. The number of thiocarbonyl (C=S) groups is 1. The second-order valence-electron chi connectivity index (χ2n) is 4.80. The molecule has 0 amide bonds. The van der Waals surface area contributed by atoms with E-state index in [1.54, 1.807) is 6.07 Å². The molecule has 0 bridgehead atoms. The molecule has 1 aromatic rings. The van der Waals surface area contributed by atoms with Gasteiger partial charge in [-0.2, -0.15) is 0 Å². The fraction of sp³-hybridized carbons (Fsp3) is 0.500. The molecule has 0 saturated carbocycles. The van der Waals surface area contributed by atoms with Crippen LogP contribution in [0.3, 0.4) is 0 Å². The summed E-state index contributed by atoms with van der Waals surface area (Å²) < 4.78 is 18.6. The molecular weight excluding hydrogens is 263 g/mol. The Morgan fingerprint density at radius 1 is 1.47 bits per heavy atom. The standard InChI is InChI=1S/C14H21FN2OS/c1-10(2)9-18-7-3-6-17-13-5-4-11(15)8-12(13)14(16)19/h4-5,8,10,17H,3,6-7,9H2,1-2H3,(H2,16,19). The monoisotopic (exact) mass is 284 g/mol. The van der Waals surface area contributed by atoms with E-state index in [1.165, 1.54) is 12.1 Å². The smallest absolute Gasteiger partial charge is 0.124 e. The summed E-state index contributed by atoms with van der Waals surface area (Å²) in [6, 6.07) is 4.39. The van der Waals surface area contributed by atoms with Gasteiger partial charge in [0.05, 0.1) is 0 Å². The van der Waals surface area contributed by atoms with Crippen molar-refractivity contribution in [2.75, 3.05) is 25.1 Å². The Labute approximate surface area is 119 Å². The zero-order valence-electron chi connectivity index (χ0n) is 11.4. The first-order chi connectivity index (χ1) is 9.00. The summed E-state index contributed by atoms with van der Waals surface area (Å²) in [5.41, 5.74) is 6.87. The van der Waals surface area contributed by atoms with Gasteiger partial charge in [-0.3, -0.25) is 0 Å². The number of nitrogens with two attached hydrogens (primary N) is 1. The van der Waals surface area contributed by atoms with Gasteiger partial charge in [0.15, 0.2) is 0 Å². The van der Waals surface area contributed by atoms with E-state index >= 15 is 0 Å². The van der Waals surface area contributed by atoms with Gasteiger partial charge in [-0.15, -0.1) is 0 Å². The third kappa shape index (κ3) is 5.98. The Morgan fingerprint density at radius 2 is 2.21 bits per heavy atom. The number of nitrogens with one attached hydrogen (secondary N) is 1. The second kappa shape index (κ2) is 8.07. The Balaban J connectivity index is 2.39. The lowest BCUT2D eigenvalue weighted by atomic mass is 10.1. The Kier molecular flexibility index (Phi) is 6.73. The normalized spacial score (nSPS) is 10.7. The maximum absolute atomic E-state index is 13.1. The van der Waals surface area contributed by atoms with Gasteiger partial charge in [-0.05, 0) is 30.5 Å². The molecule has 0 aliphatic carbocycles. The topological polar surface area (TPSA) is 47.3 Å². The van der Waals surface area contributed by atoms with Crippen molar-refractivity contribution in [3.05, 3.63) is 29.6 Å². The van der Waals surface area contributed by atoms with Crippen LogP contribution < -0.4 is 11.1 Å². The minimum atomic E-state index is -0.339. The first-order valence-corrected chi connectivity index (χ1v) is 6.82. The molecular formula is C14H21FN2OS. The number of benzene rings is 1. The fourth-order valence-corrected chi connectivity index (χ4v) is 1.76. The van der Waals surface area contributed by atoms with E-state index in [0.717, 1.165) is 25.3 Å². The highest BCUT2D eigenvalue weighted by Crippen LogP contribution is 2.16. The molecule has 0 aliphatic heterocycles. The molecule has 0 aliphatic rings. The SMILES string of the molecule is CC(C)COCCCNc1ccc(F)cc1C(N)=S. The van der Waals surface area contributed by atoms with E-state index in [-0.39, 0.29) is 10.8 Å². The molecule has 0 radical (unpaired) electrons. The van der Waals surface area contributed by atoms with Gasteiger partial charge < -0.3 is 15.8 Å². The van der Waals surface area contributed by atoms with Crippen LogP contribution in [0.1, 0.15) is 25.8 Å². The highest BCUT2D eigenvalue weighted by atomic mass is 32.1. The summed E-state index contributed by atoms with van der Waals surface area (Å²) in [6.45, 7) is 6.44. The molecule has 0 atom stereocenters. The second-order valence-corrected chi connectivity index (χ2v) is 5.24. The van der Waals surface area contributed by atoms with E-state index in [4.69, 9.17) is 22.7 Å². The summed E-state index contributed by atoms with van der Waals surface area (Å²) in [7, 11) is 0. The van der Waals surface area contributed by atoms with Gasteiger partial charge in [0.1, 0.15) is 10.8 Å². The number of hydrogen-bond donors (Lipinski definition) is 2. The lowest BCUT2D eigenvalue weighted by molar-refractivity contribution is 0.110. The van der Waals surface area contributed by atoms with Crippen LogP contribution in [0, 0.1) is 11.7 Å². The van der Waals surface area contributed by atoms with Crippen molar-refractivity contribution >= 4 is 22.9 Å². The predicted octanol–water partition coefficient (Wildman–Crippen LogP) is 2.93. The van der Waals surface area contributed by atoms with E-state index in [1.807, 2.05) is 0 Å². The minimum Gasteiger partial charge on any atom is -0.389 e. The Bertz CT molecular complexity index is 424. The number of rotatable bonds is 8. The van der Waals surface area contributed by atoms with Gasteiger partial charge in [-0.25, -0.2) is 4.39 Å². The zero-order chi connectivity index (χ0) is 14.3. The van der Waals surface area contributed by atoms with Crippen molar-refractivity contribution in [1.82, 2.24) is 0 Å². The number of ether oxygens (including phenoxy) is 1. The number of hydrogen-bond acceptors (Lipinski definition) is 3. The molecule has 0 heterocycles. The molecule has 1 rings (SSSR count). The van der Waals surface area contributed by atoms with Crippen LogP contribution in [-0.2, 0) is 4.74 Å². The highest BCUT2D eigenvalue weighted by Gasteiger charge is 2.06. The van der Waals surface area contributed by atoms with Crippen LogP contribution in [-0.4, -0.2) is 24.7 Å².